The van der Waals surface area contributed by atoms with Gasteiger partial charge in [0.2, 0.25) is 0 Å². The van der Waals surface area contributed by atoms with Crippen molar-refractivity contribution in [2.45, 2.75) is 13.0 Å². The molecule has 1 heterocycles. The molecule has 0 fully saturated rings. The number of hydrogen-bond donors (Lipinski definition) is 2. The standard InChI is InChI=1S/C11H18N2O4S/c1-6(5-15-2)13-10-8(16-3)7(12)9(18-10)11(14)17-4/h6,13H,5,12H2,1-4H3. The molecule has 6 nitrogen and oxygen atoms in total. The largest absolute Gasteiger partial charge is 0.492 e. The van der Waals surface area contributed by atoms with Crippen LogP contribution in [0.4, 0.5) is 10.7 Å². The molecule has 0 aliphatic carbocycles. The first-order chi connectivity index (χ1) is 8.54. The summed E-state index contributed by atoms with van der Waals surface area (Å²) in [5, 5.41) is 3.88. The van der Waals surface area contributed by atoms with E-state index in [1.54, 1.807) is 7.11 Å². The second-order valence-corrected chi connectivity index (χ2v) is 4.72. The quantitative estimate of drug-likeness (QED) is 0.766. The first-order valence-corrected chi connectivity index (χ1v) is 6.16. The van der Waals surface area contributed by atoms with E-state index in [9.17, 15) is 4.79 Å². The predicted molar refractivity (Wildman–Crippen MR) is 71.6 cm³/mol. The molecule has 0 spiro atoms. The molecule has 0 aliphatic rings. The summed E-state index contributed by atoms with van der Waals surface area (Å²) < 4.78 is 14.9. The number of methoxy groups -OCH3 is 3. The zero-order chi connectivity index (χ0) is 13.7. The fraction of sp³-hybridized carbons (Fsp3) is 0.545. The van der Waals surface area contributed by atoms with Crippen LogP contribution in [0.25, 0.3) is 0 Å². The Morgan fingerprint density at radius 2 is 2.11 bits per heavy atom. The molecule has 1 aromatic rings. The Labute approximate surface area is 110 Å². The highest BCUT2D eigenvalue weighted by Gasteiger charge is 2.23. The molecule has 0 aliphatic heterocycles. The molecule has 0 saturated heterocycles. The van der Waals surface area contributed by atoms with Gasteiger partial charge in [-0.2, -0.15) is 0 Å². The van der Waals surface area contributed by atoms with Crippen molar-refractivity contribution in [3.63, 3.8) is 0 Å². The van der Waals surface area contributed by atoms with Gasteiger partial charge in [-0.25, -0.2) is 4.79 Å². The van der Waals surface area contributed by atoms with Crippen LogP contribution in [0.15, 0.2) is 0 Å². The molecule has 0 radical (unpaired) electrons. The van der Waals surface area contributed by atoms with Gasteiger partial charge in [-0.3, -0.25) is 0 Å². The van der Waals surface area contributed by atoms with Gasteiger partial charge in [-0.1, -0.05) is 0 Å². The fourth-order valence-corrected chi connectivity index (χ4v) is 2.61. The number of anilines is 2. The highest BCUT2D eigenvalue weighted by molar-refractivity contribution is 7.19. The average Bonchev–Trinajstić information content (AvgIpc) is 2.65. The topological polar surface area (TPSA) is 82.8 Å². The first kappa shape index (κ1) is 14.6. The number of carbonyl (C=O) groups excluding carboxylic acids is 1. The van der Waals surface area contributed by atoms with Crippen LogP contribution in [0, 0.1) is 0 Å². The van der Waals surface area contributed by atoms with Crippen LogP contribution in [0.2, 0.25) is 0 Å². The lowest BCUT2D eigenvalue weighted by Gasteiger charge is -2.13. The summed E-state index contributed by atoms with van der Waals surface area (Å²) in [6.07, 6.45) is 0. The van der Waals surface area contributed by atoms with Crippen LogP contribution in [0.5, 0.6) is 5.75 Å². The second kappa shape index (κ2) is 6.46. The van der Waals surface area contributed by atoms with Crippen molar-refractivity contribution in [2.24, 2.45) is 0 Å². The van der Waals surface area contributed by atoms with Crippen molar-refractivity contribution in [1.82, 2.24) is 0 Å². The van der Waals surface area contributed by atoms with E-state index in [1.807, 2.05) is 6.92 Å². The third-order valence-corrected chi connectivity index (χ3v) is 3.37. The zero-order valence-corrected chi connectivity index (χ0v) is 11.7. The van der Waals surface area contributed by atoms with E-state index in [-0.39, 0.29) is 6.04 Å². The molecular weight excluding hydrogens is 256 g/mol. The summed E-state index contributed by atoms with van der Waals surface area (Å²) in [6.45, 7) is 2.49. The summed E-state index contributed by atoms with van der Waals surface area (Å²) in [5.41, 5.74) is 6.15. The molecule has 1 atom stereocenters. The fourth-order valence-electron chi connectivity index (χ4n) is 1.49. The minimum Gasteiger partial charge on any atom is -0.492 e. The molecule has 1 rings (SSSR count). The molecule has 0 bridgehead atoms. The van der Waals surface area contributed by atoms with Crippen LogP contribution in [0.1, 0.15) is 16.6 Å². The molecule has 0 aromatic carbocycles. The number of hydrogen-bond acceptors (Lipinski definition) is 7. The van der Waals surface area contributed by atoms with Crippen molar-refractivity contribution in [3.05, 3.63) is 4.88 Å². The Kier molecular flexibility index (Phi) is 5.24. The second-order valence-electron chi connectivity index (χ2n) is 3.70. The van der Waals surface area contributed by atoms with Crippen LogP contribution in [-0.4, -0.2) is 39.9 Å². The SMILES string of the molecule is COCC(C)Nc1sc(C(=O)OC)c(N)c1OC. The van der Waals surface area contributed by atoms with Gasteiger partial charge >= 0.3 is 5.97 Å². The van der Waals surface area contributed by atoms with Gasteiger partial charge in [-0.05, 0) is 6.92 Å². The molecule has 1 aromatic heterocycles. The summed E-state index contributed by atoms with van der Waals surface area (Å²) in [4.78, 5) is 11.9. The normalized spacial score (nSPS) is 12.0. The third-order valence-electron chi connectivity index (χ3n) is 2.27. The number of carbonyl (C=O) groups is 1. The van der Waals surface area contributed by atoms with Gasteiger partial charge in [-0.15, -0.1) is 11.3 Å². The maximum atomic E-state index is 11.5. The molecular formula is C11H18N2O4S. The van der Waals surface area contributed by atoms with Crippen molar-refractivity contribution in [3.8, 4) is 5.75 Å². The minimum absolute atomic E-state index is 0.0763. The smallest absolute Gasteiger partial charge is 0.350 e. The van der Waals surface area contributed by atoms with E-state index in [0.29, 0.717) is 27.9 Å². The van der Waals surface area contributed by atoms with Crippen LogP contribution >= 0.6 is 11.3 Å². The van der Waals surface area contributed by atoms with E-state index in [4.69, 9.17) is 15.2 Å². The average molecular weight is 274 g/mol. The lowest BCUT2D eigenvalue weighted by Crippen LogP contribution is -2.20. The maximum absolute atomic E-state index is 11.5. The maximum Gasteiger partial charge on any atom is 0.350 e. The Bertz CT molecular complexity index is 419. The third kappa shape index (κ3) is 3.05. The zero-order valence-electron chi connectivity index (χ0n) is 10.9. The number of nitrogens with one attached hydrogen (secondary N) is 1. The molecule has 7 heteroatoms. The van der Waals surface area contributed by atoms with Crippen LogP contribution in [-0.2, 0) is 9.47 Å². The number of ether oxygens (including phenoxy) is 3. The van der Waals surface area contributed by atoms with Gasteiger partial charge in [0.05, 0.1) is 20.8 Å². The van der Waals surface area contributed by atoms with Crippen LogP contribution in [0.3, 0.4) is 0 Å². The lowest BCUT2D eigenvalue weighted by molar-refractivity contribution is 0.0607. The molecule has 18 heavy (non-hydrogen) atoms. The summed E-state index contributed by atoms with van der Waals surface area (Å²) in [5.74, 6) is -0.00778. The highest BCUT2D eigenvalue weighted by Crippen LogP contribution is 2.42. The number of thiophene rings is 1. The molecule has 3 N–H and O–H groups in total. The monoisotopic (exact) mass is 274 g/mol. The van der Waals surface area contributed by atoms with Crippen molar-refractivity contribution in [2.75, 3.05) is 39.0 Å². The molecule has 1 unspecified atom stereocenters. The number of nitrogen functional groups attached to an aromatic ring is 1. The molecule has 102 valence electrons. The van der Waals surface area contributed by atoms with Crippen molar-refractivity contribution < 1.29 is 19.0 Å². The summed E-state index contributed by atoms with van der Waals surface area (Å²) >= 11 is 1.21. The van der Waals surface area contributed by atoms with E-state index in [1.165, 1.54) is 25.6 Å². The Morgan fingerprint density at radius 3 is 2.61 bits per heavy atom. The number of nitrogens with two attached hydrogens (primary N) is 1. The van der Waals surface area contributed by atoms with Gasteiger partial charge in [0.15, 0.2) is 5.75 Å². The molecule has 0 amide bonds. The Hall–Kier alpha value is -1.47. The summed E-state index contributed by atoms with van der Waals surface area (Å²) in [6, 6.07) is 0.0763. The van der Waals surface area contributed by atoms with Crippen LogP contribution < -0.4 is 15.8 Å². The molecule has 0 saturated carbocycles. The van der Waals surface area contributed by atoms with E-state index < -0.39 is 5.97 Å². The van der Waals surface area contributed by atoms with E-state index in [2.05, 4.69) is 10.1 Å². The predicted octanol–water partition coefficient (Wildman–Crippen LogP) is 1.57. The van der Waals surface area contributed by atoms with Gasteiger partial charge in [0.25, 0.3) is 0 Å². The lowest BCUT2D eigenvalue weighted by atomic mass is 10.3. The highest BCUT2D eigenvalue weighted by atomic mass is 32.1. The van der Waals surface area contributed by atoms with E-state index in [0.717, 1.165) is 0 Å². The van der Waals surface area contributed by atoms with Crippen molar-refractivity contribution >= 4 is 28.0 Å². The van der Waals surface area contributed by atoms with Gasteiger partial charge in [0.1, 0.15) is 15.6 Å². The summed E-state index contributed by atoms with van der Waals surface area (Å²) in [7, 11) is 4.44. The Balaban J connectivity index is 3.00. The van der Waals surface area contributed by atoms with E-state index >= 15 is 0 Å². The Morgan fingerprint density at radius 1 is 1.44 bits per heavy atom. The number of rotatable bonds is 6. The van der Waals surface area contributed by atoms with Crippen molar-refractivity contribution in [1.29, 1.82) is 0 Å². The minimum atomic E-state index is -0.469. The van der Waals surface area contributed by atoms with Gasteiger partial charge < -0.3 is 25.3 Å². The number of esters is 1. The van der Waals surface area contributed by atoms with Gasteiger partial charge in [0, 0.05) is 13.2 Å². The first-order valence-electron chi connectivity index (χ1n) is 5.35.